The predicted octanol–water partition coefficient (Wildman–Crippen LogP) is 6.09. The lowest BCUT2D eigenvalue weighted by atomic mass is 9.91. The van der Waals surface area contributed by atoms with Crippen LogP contribution in [0.1, 0.15) is 95.4 Å². The van der Waals surface area contributed by atoms with Gasteiger partial charge in [-0.1, -0.05) is 32.9 Å². The van der Waals surface area contributed by atoms with E-state index in [1.165, 1.54) is 0 Å². The molecule has 38 heavy (non-hydrogen) atoms. The maximum Gasteiger partial charge on any atom is 0.311 e. The van der Waals surface area contributed by atoms with Crippen molar-refractivity contribution < 1.29 is 43.1 Å². The van der Waals surface area contributed by atoms with Crippen molar-refractivity contribution in [1.29, 1.82) is 0 Å². The van der Waals surface area contributed by atoms with Crippen LogP contribution < -0.4 is 0 Å². The first-order valence-electron chi connectivity index (χ1n) is 13.4. The molecular weight excluding hydrogens is 492 g/mol. The van der Waals surface area contributed by atoms with E-state index in [1.54, 1.807) is 7.11 Å². The van der Waals surface area contributed by atoms with Crippen molar-refractivity contribution in [2.24, 2.45) is 16.2 Å². The van der Waals surface area contributed by atoms with Crippen LogP contribution >= 0.6 is 0 Å². The minimum atomic E-state index is -0.432. The zero-order chi connectivity index (χ0) is 30.4. The number of ether oxygens (including phenoxy) is 4. The van der Waals surface area contributed by atoms with Gasteiger partial charge < -0.3 is 18.9 Å². The Hall–Kier alpha value is -1.97. The van der Waals surface area contributed by atoms with E-state index in [2.05, 4.69) is 6.58 Å². The van der Waals surface area contributed by atoms with Crippen LogP contribution in [0.25, 0.3) is 0 Å². The van der Waals surface area contributed by atoms with Gasteiger partial charge in [-0.25, -0.2) is 9.78 Å². The summed E-state index contributed by atoms with van der Waals surface area (Å²) in [7, 11) is 1.58. The second kappa shape index (κ2) is 21.9. The van der Waals surface area contributed by atoms with Crippen LogP contribution in [-0.2, 0) is 43.1 Å². The van der Waals surface area contributed by atoms with Crippen LogP contribution in [0.4, 0.5) is 0 Å². The van der Waals surface area contributed by atoms with Crippen LogP contribution in [0.15, 0.2) is 12.2 Å². The molecule has 0 unspecified atom stereocenters. The zero-order valence-corrected chi connectivity index (χ0v) is 26.2. The first kappa shape index (κ1) is 40.5. The molecule has 0 aliphatic rings. The molecular formula is C29H56O9. The van der Waals surface area contributed by atoms with E-state index in [-0.39, 0.29) is 42.0 Å². The molecule has 0 saturated carbocycles. The SMILES string of the molecule is C=C(C)COOCCOC(=O)C(C)(C)CC.CCC(C)(C)C(=O)OCCOC.CCOC(=O)C(C)(C)CC. The van der Waals surface area contributed by atoms with Crippen molar-refractivity contribution >= 4 is 17.9 Å². The number of hydrogen-bond donors (Lipinski definition) is 0. The highest BCUT2D eigenvalue weighted by Gasteiger charge is 2.28. The van der Waals surface area contributed by atoms with E-state index in [4.69, 9.17) is 28.7 Å². The fourth-order valence-corrected chi connectivity index (χ4v) is 1.74. The lowest BCUT2D eigenvalue weighted by Crippen LogP contribution is -2.27. The monoisotopic (exact) mass is 548 g/mol. The van der Waals surface area contributed by atoms with Gasteiger partial charge in [-0.2, -0.15) is 0 Å². The van der Waals surface area contributed by atoms with E-state index in [0.29, 0.717) is 26.4 Å². The molecule has 0 saturated heterocycles. The molecule has 0 amide bonds. The summed E-state index contributed by atoms with van der Waals surface area (Å²) in [5, 5.41) is 0. The molecule has 0 fully saturated rings. The quantitative estimate of drug-likeness (QED) is 0.0565. The lowest BCUT2D eigenvalue weighted by Gasteiger charge is -2.20. The van der Waals surface area contributed by atoms with Crippen LogP contribution in [0, 0.1) is 16.2 Å². The smallest absolute Gasteiger partial charge is 0.311 e. The second-order valence-electron chi connectivity index (χ2n) is 10.7. The molecule has 0 spiro atoms. The number of carbonyl (C=O) groups is 3. The van der Waals surface area contributed by atoms with Crippen molar-refractivity contribution in [2.45, 2.75) is 95.4 Å². The maximum atomic E-state index is 11.5. The van der Waals surface area contributed by atoms with E-state index in [1.807, 2.05) is 76.2 Å². The number of carbonyl (C=O) groups excluding carboxylic acids is 3. The summed E-state index contributed by atoms with van der Waals surface area (Å²) < 4.78 is 19.6. The fraction of sp³-hybridized carbons (Fsp3) is 0.828. The maximum absolute atomic E-state index is 11.5. The van der Waals surface area contributed by atoms with Crippen molar-refractivity contribution in [1.82, 2.24) is 0 Å². The Morgan fingerprint density at radius 2 is 0.974 bits per heavy atom. The Kier molecular flexibility index (Phi) is 23.4. The number of methoxy groups -OCH3 is 1. The highest BCUT2D eigenvalue weighted by Crippen LogP contribution is 2.22. The first-order valence-corrected chi connectivity index (χ1v) is 13.4. The van der Waals surface area contributed by atoms with Gasteiger partial charge in [0, 0.05) is 7.11 Å². The molecule has 226 valence electrons. The summed E-state index contributed by atoms with van der Waals surface area (Å²) in [4.78, 5) is 43.5. The van der Waals surface area contributed by atoms with E-state index in [0.717, 1.165) is 24.8 Å². The van der Waals surface area contributed by atoms with Gasteiger partial charge in [0.1, 0.15) is 26.4 Å². The molecule has 0 bridgehead atoms. The molecule has 0 aliphatic heterocycles. The molecule has 0 aromatic rings. The van der Waals surface area contributed by atoms with Gasteiger partial charge >= 0.3 is 17.9 Å². The summed E-state index contributed by atoms with van der Waals surface area (Å²) in [6, 6.07) is 0. The van der Waals surface area contributed by atoms with E-state index in [9.17, 15) is 14.4 Å². The number of esters is 3. The summed E-state index contributed by atoms with van der Waals surface area (Å²) in [5.41, 5.74) is -0.230. The summed E-state index contributed by atoms with van der Waals surface area (Å²) in [6.45, 7) is 26.6. The van der Waals surface area contributed by atoms with Gasteiger partial charge in [0.2, 0.25) is 0 Å². The Morgan fingerprint density at radius 3 is 1.29 bits per heavy atom. The highest BCUT2D eigenvalue weighted by molar-refractivity contribution is 5.76. The summed E-state index contributed by atoms with van der Waals surface area (Å²) in [5.74, 6) is -0.460. The molecule has 0 aromatic heterocycles. The molecule has 9 heteroatoms. The minimum Gasteiger partial charge on any atom is -0.466 e. The molecule has 0 heterocycles. The van der Waals surface area contributed by atoms with E-state index < -0.39 is 5.41 Å². The average molecular weight is 549 g/mol. The minimum absolute atomic E-state index is 0.0995. The molecule has 9 nitrogen and oxygen atoms in total. The fourth-order valence-electron chi connectivity index (χ4n) is 1.74. The normalized spacial score (nSPS) is 11.3. The van der Waals surface area contributed by atoms with Gasteiger partial charge in [0.15, 0.2) is 0 Å². The molecule has 0 aromatic carbocycles. The van der Waals surface area contributed by atoms with Crippen LogP contribution in [-0.4, -0.2) is 64.7 Å². The Balaban J connectivity index is -0.000000499. The Morgan fingerprint density at radius 1 is 0.605 bits per heavy atom. The third kappa shape index (κ3) is 21.0. The molecule has 0 atom stereocenters. The molecule has 0 rings (SSSR count). The third-order valence-electron chi connectivity index (χ3n) is 5.89. The van der Waals surface area contributed by atoms with Crippen LogP contribution in [0.5, 0.6) is 0 Å². The first-order chi connectivity index (χ1) is 17.5. The molecule has 0 N–H and O–H groups in total. The van der Waals surface area contributed by atoms with Gasteiger partial charge in [-0.15, -0.1) is 0 Å². The second-order valence-corrected chi connectivity index (χ2v) is 10.7. The molecule has 0 aliphatic carbocycles. The summed E-state index contributed by atoms with van der Waals surface area (Å²) in [6.07, 6.45) is 2.36. The van der Waals surface area contributed by atoms with Crippen molar-refractivity contribution in [3.63, 3.8) is 0 Å². The largest absolute Gasteiger partial charge is 0.466 e. The highest BCUT2D eigenvalue weighted by atomic mass is 17.2. The number of rotatable bonds is 16. The predicted molar refractivity (Wildman–Crippen MR) is 149 cm³/mol. The Bertz CT molecular complexity index is 667. The average Bonchev–Trinajstić information content (AvgIpc) is 2.86. The van der Waals surface area contributed by atoms with Gasteiger partial charge in [-0.05, 0) is 74.7 Å². The summed E-state index contributed by atoms with van der Waals surface area (Å²) >= 11 is 0. The van der Waals surface area contributed by atoms with Gasteiger partial charge in [0.25, 0.3) is 0 Å². The van der Waals surface area contributed by atoms with Gasteiger partial charge in [0.05, 0.1) is 29.5 Å². The molecule has 0 radical (unpaired) electrons. The lowest BCUT2D eigenvalue weighted by molar-refractivity contribution is -0.292. The van der Waals surface area contributed by atoms with Crippen molar-refractivity contribution in [2.75, 3.05) is 46.8 Å². The topological polar surface area (TPSA) is 107 Å². The van der Waals surface area contributed by atoms with Crippen molar-refractivity contribution in [3.05, 3.63) is 12.2 Å². The third-order valence-corrected chi connectivity index (χ3v) is 5.89. The zero-order valence-electron chi connectivity index (χ0n) is 26.2. The van der Waals surface area contributed by atoms with Crippen LogP contribution in [0.3, 0.4) is 0 Å². The van der Waals surface area contributed by atoms with Gasteiger partial charge in [-0.3, -0.25) is 14.4 Å². The van der Waals surface area contributed by atoms with Crippen molar-refractivity contribution in [3.8, 4) is 0 Å². The Labute approximate surface area is 231 Å². The standard InChI is InChI=1S/C12H22O4.C9H18O3.C8H16O2/c1-6-12(4,5)11(13)14-7-8-15-16-9-10(2)3;1-5-9(2,3)8(10)12-7-6-11-4;1-5-8(3,4)7(9)10-6-2/h2,6-9H2,1,3-5H3;5-7H2,1-4H3;5-6H2,1-4H3. The van der Waals surface area contributed by atoms with Crippen LogP contribution in [0.2, 0.25) is 0 Å². The van der Waals surface area contributed by atoms with E-state index >= 15 is 0 Å². The number of hydrogen-bond acceptors (Lipinski definition) is 9.